The topological polar surface area (TPSA) is 64.7 Å². The van der Waals surface area contributed by atoms with E-state index in [0.29, 0.717) is 5.95 Å². The van der Waals surface area contributed by atoms with E-state index in [1.807, 2.05) is 31.2 Å². The van der Waals surface area contributed by atoms with Crippen LogP contribution in [0.3, 0.4) is 0 Å². The molecule has 0 aliphatic carbocycles. The summed E-state index contributed by atoms with van der Waals surface area (Å²) >= 11 is 1.47. The number of hydrogen-bond acceptors (Lipinski definition) is 5. The summed E-state index contributed by atoms with van der Waals surface area (Å²) in [5.41, 5.74) is 6.42. The monoisotopic (exact) mass is 218 g/mol. The lowest BCUT2D eigenvalue weighted by Crippen LogP contribution is -1.97. The molecule has 0 bridgehead atoms. The van der Waals surface area contributed by atoms with Gasteiger partial charge in [-0.15, -0.1) is 0 Å². The fourth-order valence-corrected chi connectivity index (χ4v) is 1.97. The van der Waals surface area contributed by atoms with Crippen molar-refractivity contribution >= 4 is 17.7 Å². The van der Waals surface area contributed by atoms with E-state index in [-0.39, 0.29) is 0 Å². The molecule has 0 saturated heterocycles. The summed E-state index contributed by atoms with van der Waals surface area (Å²) in [7, 11) is 0. The first-order valence-electron chi connectivity index (χ1n) is 4.44. The van der Waals surface area contributed by atoms with Crippen molar-refractivity contribution in [2.45, 2.75) is 17.0 Å². The zero-order valence-electron chi connectivity index (χ0n) is 8.21. The molecule has 4 nitrogen and oxygen atoms in total. The van der Waals surface area contributed by atoms with E-state index < -0.39 is 0 Å². The summed E-state index contributed by atoms with van der Waals surface area (Å²) in [6.07, 6.45) is 1.75. The Balaban J connectivity index is 2.25. The molecule has 0 aliphatic heterocycles. The van der Waals surface area contributed by atoms with Gasteiger partial charge in [-0.1, -0.05) is 6.07 Å². The SMILES string of the molecule is Cc1cc(Sc2ccccn2)nc(N)n1. The Labute approximate surface area is 92.0 Å². The molecule has 2 heterocycles. The van der Waals surface area contributed by atoms with E-state index in [1.54, 1.807) is 6.20 Å². The Morgan fingerprint density at radius 2 is 2.07 bits per heavy atom. The molecule has 2 rings (SSSR count). The third kappa shape index (κ3) is 2.66. The number of pyridine rings is 1. The number of hydrogen-bond donors (Lipinski definition) is 1. The first-order valence-corrected chi connectivity index (χ1v) is 5.26. The van der Waals surface area contributed by atoms with Crippen molar-refractivity contribution in [2.24, 2.45) is 0 Å². The molecule has 0 radical (unpaired) electrons. The highest BCUT2D eigenvalue weighted by atomic mass is 32.2. The molecule has 0 amide bonds. The third-order valence-corrected chi connectivity index (χ3v) is 2.56. The lowest BCUT2D eigenvalue weighted by atomic mass is 10.5. The number of rotatable bonds is 2. The highest BCUT2D eigenvalue weighted by molar-refractivity contribution is 7.99. The van der Waals surface area contributed by atoms with Crippen LogP contribution in [-0.4, -0.2) is 15.0 Å². The second-order valence-electron chi connectivity index (χ2n) is 2.98. The van der Waals surface area contributed by atoms with Gasteiger partial charge in [-0.25, -0.2) is 15.0 Å². The Morgan fingerprint density at radius 3 is 2.73 bits per heavy atom. The minimum atomic E-state index is 0.299. The van der Waals surface area contributed by atoms with Crippen LogP contribution < -0.4 is 5.73 Å². The van der Waals surface area contributed by atoms with Crippen LogP contribution in [0, 0.1) is 6.92 Å². The van der Waals surface area contributed by atoms with Crippen molar-refractivity contribution in [1.29, 1.82) is 0 Å². The highest BCUT2D eigenvalue weighted by Crippen LogP contribution is 2.24. The molecule has 2 aromatic rings. The fourth-order valence-electron chi connectivity index (χ4n) is 1.13. The number of nitrogens with zero attached hydrogens (tertiary/aromatic N) is 3. The van der Waals surface area contributed by atoms with E-state index in [4.69, 9.17) is 5.73 Å². The second-order valence-corrected chi connectivity index (χ2v) is 4.02. The molecule has 0 atom stereocenters. The highest BCUT2D eigenvalue weighted by Gasteiger charge is 2.02. The second kappa shape index (κ2) is 4.27. The normalized spacial score (nSPS) is 10.2. The van der Waals surface area contributed by atoms with Gasteiger partial charge in [0, 0.05) is 11.9 Å². The van der Waals surface area contributed by atoms with Gasteiger partial charge in [0.05, 0.1) is 0 Å². The molecule has 2 N–H and O–H groups in total. The van der Waals surface area contributed by atoms with Crippen molar-refractivity contribution in [3.63, 3.8) is 0 Å². The number of nitrogen functional groups attached to an aromatic ring is 1. The van der Waals surface area contributed by atoms with E-state index >= 15 is 0 Å². The van der Waals surface area contributed by atoms with E-state index in [1.165, 1.54) is 11.8 Å². The average Bonchev–Trinajstić information content (AvgIpc) is 2.17. The maximum Gasteiger partial charge on any atom is 0.221 e. The fraction of sp³-hybridized carbons (Fsp3) is 0.100. The van der Waals surface area contributed by atoms with E-state index in [0.717, 1.165) is 15.7 Å². The molecular formula is C10H10N4S. The molecule has 0 fully saturated rings. The first-order chi connectivity index (χ1) is 7.24. The van der Waals surface area contributed by atoms with E-state index in [9.17, 15) is 0 Å². The summed E-state index contributed by atoms with van der Waals surface area (Å²) < 4.78 is 0. The maximum absolute atomic E-state index is 5.56. The summed E-state index contributed by atoms with van der Waals surface area (Å²) in [6.45, 7) is 1.89. The minimum Gasteiger partial charge on any atom is -0.368 e. The lowest BCUT2D eigenvalue weighted by molar-refractivity contribution is 1.02. The largest absolute Gasteiger partial charge is 0.368 e. The van der Waals surface area contributed by atoms with Gasteiger partial charge in [0.25, 0.3) is 0 Å². The van der Waals surface area contributed by atoms with Crippen molar-refractivity contribution in [3.8, 4) is 0 Å². The van der Waals surface area contributed by atoms with Crippen LogP contribution in [0.15, 0.2) is 40.5 Å². The molecular weight excluding hydrogens is 208 g/mol. The first kappa shape index (κ1) is 9.92. The van der Waals surface area contributed by atoms with Crippen LogP contribution >= 0.6 is 11.8 Å². The maximum atomic E-state index is 5.56. The Kier molecular flexibility index (Phi) is 2.82. The van der Waals surface area contributed by atoms with Gasteiger partial charge in [0.2, 0.25) is 5.95 Å². The van der Waals surface area contributed by atoms with Crippen molar-refractivity contribution in [1.82, 2.24) is 15.0 Å². The number of nitrogens with two attached hydrogens (primary N) is 1. The number of aryl methyl sites for hydroxylation is 1. The summed E-state index contributed by atoms with van der Waals surface area (Å²) in [4.78, 5) is 12.3. The number of anilines is 1. The van der Waals surface area contributed by atoms with Crippen LogP contribution in [0.2, 0.25) is 0 Å². The Morgan fingerprint density at radius 1 is 1.20 bits per heavy atom. The van der Waals surface area contributed by atoms with Crippen LogP contribution in [0.1, 0.15) is 5.69 Å². The van der Waals surface area contributed by atoms with Gasteiger partial charge >= 0.3 is 0 Å². The molecule has 0 aliphatic rings. The van der Waals surface area contributed by atoms with Crippen molar-refractivity contribution < 1.29 is 0 Å². The van der Waals surface area contributed by atoms with Crippen LogP contribution in [-0.2, 0) is 0 Å². The molecule has 76 valence electrons. The molecule has 15 heavy (non-hydrogen) atoms. The molecule has 0 unspecified atom stereocenters. The quantitative estimate of drug-likeness (QED) is 0.780. The Hall–Kier alpha value is -1.62. The number of aromatic nitrogens is 3. The van der Waals surface area contributed by atoms with Crippen LogP contribution in [0.5, 0.6) is 0 Å². The zero-order chi connectivity index (χ0) is 10.7. The van der Waals surface area contributed by atoms with Gasteiger partial charge < -0.3 is 5.73 Å². The smallest absolute Gasteiger partial charge is 0.221 e. The standard InChI is InChI=1S/C10H10N4S/c1-7-6-9(14-10(11)13-7)15-8-4-2-3-5-12-8/h2-6H,1H3,(H2,11,13,14). The van der Waals surface area contributed by atoms with Gasteiger partial charge in [0.15, 0.2) is 0 Å². The minimum absolute atomic E-state index is 0.299. The summed E-state index contributed by atoms with van der Waals surface area (Å²) in [5, 5.41) is 1.72. The van der Waals surface area contributed by atoms with Gasteiger partial charge in [-0.3, -0.25) is 0 Å². The van der Waals surface area contributed by atoms with Gasteiger partial charge in [-0.05, 0) is 36.9 Å². The molecule has 5 heteroatoms. The summed E-state index contributed by atoms with van der Waals surface area (Å²) in [6, 6.07) is 7.63. The molecule has 0 spiro atoms. The van der Waals surface area contributed by atoms with Crippen molar-refractivity contribution in [2.75, 3.05) is 5.73 Å². The zero-order valence-corrected chi connectivity index (χ0v) is 9.03. The predicted molar refractivity (Wildman–Crippen MR) is 59.5 cm³/mol. The molecule has 0 saturated carbocycles. The van der Waals surface area contributed by atoms with Gasteiger partial charge in [-0.2, -0.15) is 0 Å². The average molecular weight is 218 g/mol. The van der Waals surface area contributed by atoms with E-state index in [2.05, 4.69) is 15.0 Å². The molecule has 0 aromatic carbocycles. The Bertz CT molecular complexity index is 438. The van der Waals surface area contributed by atoms with Crippen molar-refractivity contribution in [3.05, 3.63) is 36.2 Å². The third-order valence-electron chi connectivity index (χ3n) is 1.69. The molecule has 2 aromatic heterocycles. The van der Waals surface area contributed by atoms with Gasteiger partial charge in [0.1, 0.15) is 10.1 Å². The van der Waals surface area contributed by atoms with Crippen LogP contribution in [0.25, 0.3) is 0 Å². The lowest BCUT2D eigenvalue weighted by Gasteiger charge is -2.01. The van der Waals surface area contributed by atoms with Crippen LogP contribution in [0.4, 0.5) is 5.95 Å². The predicted octanol–water partition coefficient (Wildman–Crippen LogP) is 1.91. The summed E-state index contributed by atoms with van der Waals surface area (Å²) in [5.74, 6) is 0.299.